The Labute approximate surface area is 114 Å². The number of carbonyl (C=O) groups excluding carboxylic acids is 1. The van der Waals surface area contributed by atoms with Gasteiger partial charge in [0.05, 0.1) is 11.3 Å². The second-order valence-corrected chi connectivity index (χ2v) is 5.42. The Balaban J connectivity index is 1.78. The lowest BCUT2D eigenvalue weighted by atomic mass is 9.92. The fraction of sp³-hybridized carbons (Fsp3) is 0.400. The normalized spacial score (nSPS) is 27.9. The number of halogens is 3. The Kier molecular flexibility index (Phi) is 3.07. The first kappa shape index (κ1) is 13.2. The molecule has 0 aliphatic heterocycles. The van der Waals surface area contributed by atoms with E-state index >= 15 is 0 Å². The number of nitrogens with one attached hydrogen (secondary N) is 1. The zero-order valence-electron chi connectivity index (χ0n) is 10.7. The van der Waals surface area contributed by atoms with Crippen molar-refractivity contribution < 1.29 is 18.0 Å². The molecule has 2 bridgehead atoms. The van der Waals surface area contributed by atoms with E-state index in [1.807, 2.05) is 6.08 Å². The summed E-state index contributed by atoms with van der Waals surface area (Å²) in [6, 6.07) is 5.09. The van der Waals surface area contributed by atoms with Crippen molar-refractivity contribution in [1.82, 2.24) is 0 Å². The molecule has 1 aromatic rings. The van der Waals surface area contributed by atoms with E-state index < -0.39 is 11.7 Å². The number of allylic oxidation sites excluding steroid dienone is 2. The number of benzene rings is 1. The van der Waals surface area contributed by atoms with Crippen molar-refractivity contribution in [2.75, 3.05) is 5.32 Å². The molecule has 1 N–H and O–H groups in total. The van der Waals surface area contributed by atoms with E-state index in [0.717, 1.165) is 18.9 Å². The lowest BCUT2D eigenvalue weighted by Crippen LogP contribution is -2.27. The van der Waals surface area contributed by atoms with Crippen LogP contribution in [-0.2, 0) is 11.0 Å². The summed E-state index contributed by atoms with van der Waals surface area (Å²) in [7, 11) is 0. The number of para-hydroxylation sites is 1. The maximum absolute atomic E-state index is 12.9. The lowest BCUT2D eigenvalue weighted by molar-refractivity contribution is -0.137. The Morgan fingerprint density at radius 2 is 1.90 bits per heavy atom. The molecule has 0 saturated heterocycles. The average molecular weight is 281 g/mol. The maximum atomic E-state index is 12.9. The van der Waals surface area contributed by atoms with Gasteiger partial charge in [0, 0.05) is 5.92 Å². The first-order chi connectivity index (χ1) is 9.45. The highest BCUT2D eigenvalue weighted by Crippen LogP contribution is 2.44. The molecule has 106 valence electrons. The molecule has 0 heterocycles. The lowest BCUT2D eigenvalue weighted by Gasteiger charge is -2.19. The first-order valence-electron chi connectivity index (χ1n) is 6.60. The van der Waals surface area contributed by atoms with Gasteiger partial charge in [0.2, 0.25) is 5.91 Å². The smallest absolute Gasteiger partial charge is 0.325 e. The van der Waals surface area contributed by atoms with Crippen molar-refractivity contribution in [2.24, 2.45) is 17.8 Å². The third kappa shape index (κ3) is 2.32. The van der Waals surface area contributed by atoms with Crippen LogP contribution in [0.4, 0.5) is 18.9 Å². The van der Waals surface area contributed by atoms with Crippen molar-refractivity contribution >= 4 is 11.6 Å². The molecule has 5 heteroatoms. The second-order valence-electron chi connectivity index (χ2n) is 5.42. The molecule has 2 aliphatic carbocycles. The highest BCUT2D eigenvalue weighted by molar-refractivity contribution is 5.94. The van der Waals surface area contributed by atoms with Gasteiger partial charge in [0.15, 0.2) is 0 Å². The summed E-state index contributed by atoms with van der Waals surface area (Å²) in [5.41, 5.74) is -0.955. The minimum Gasteiger partial charge on any atom is -0.325 e. The van der Waals surface area contributed by atoms with Crippen molar-refractivity contribution in [1.29, 1.82) is 0 Å². The molecule has 1 fully saturated rings. The largest absolute Gasteiger partial charge is 0.418 e. The molecular formula is C15H14F3NO. The van der Waals surface area contributed by atoms with Crippen LogP contribution in [-0.4, -0.2) is 5.91 Å². The monoisotopic (exact) mass is 281 g/mol. The van der Waals surface area contributed by atoms with Crippen molar-refractivity contribution in [3.8, 4) is 0 Å². The van der Waals surface area contributed by atoms with E-state index in [2.05, 4.69) is 11.4 Å². The molecule has 2 nitrogen and oxygen atoms in total. The predicted octanol–water partition coefficient (Wildman–Crippen LogP) is 3.86. The van der Waals surface area contributed by atoms with Crippen LogP contribution in [0.5, 0.6) is 0 Å². The van der Waals surface area contributed by atoms with Gasteiger partial charge in [-0.2, -0.15) is 13.2 Å². The van der Waals surface area contributed by atoms with Gasteiger partial charge in [-0.25, -0.2) is 0 Å². The Morgan fingerprint density at radius 3 is 2.50 bits per heavy atom. The predicted molar refractivity (Wildman–Crippen MR) is 68.9 cm³/mol. The van der Waals surface area contributed by atoms with Crippen LogP contribution in [0.1, 0.15) is 18.4 Å². The third-order valence-electron chi connectivity index (χ3n) is 4.11. The van der Waals surface area contributed by atoms with E-state index in [1.54, 1.807) is 0 Å². The van der Waals surface area contributed by atoms with Crippen molar-refractivity contribution in [3.05, 3.63) is 42.0 Å². The van der Waals surface area contributed by atoms with E-state index in [-0.39, 0.29) is 23.4 Å². The van der Waals surface area contributed by atoms with Crippen LogP contribution >= 0.6 is 0 Å². The van der Waals surface area contributed by atoms with Crippen LogP contribution in [0.2, 0.25) is 0 Å². The van der Waals surface area contributed by atoms with E-state index in [1.165, 1.54) is 18.2 Å². The Morgan fingerprint density at radius 1 is 1.15 bits per heavy atom. The van der Waals surface area contributed by atoms with E-state index in [0.29, 0.717) is 5.92 Å². The summed E-state index contributed by atoms with van der Waals surface area (Å²) in [6.45, 7) is 0. The topological polar surface area (TPSA) is 29.1 Å². The highest BCUT2D eigenvalue weighted by Gasteiger charge is 2.40. The first-order valence-corrected chi connectivity index (χ1v) is 6.60. The van der Waals surface area contributed by atoms with Crippen molar-refractivity contribution in [3.63, 3.8) is 0 Å². The molecule has 0 aromatic heterocycles. The Hall–Kier alpha value is -1.78. The summed E-state index contributed by atoms with van der Waals surface area (Å²) >= 11 is 0. The zero-order valence-corrected chi connectivity index (χ0v) is 10.7. The standard InChI is InChI=1S/C15H14F3NO/c16-15(17,18)12-3-1-2-4-13(12)19-14(20)11-8-9-5-6-10(11)7-9/h1-6,9-11H,7-8H2,(H,19,20). The van der Waals surface area contributed by atoms with Crippen molar-refractivity contribution in [2.45, 2.75) is 19.0 Å². The third-order valence-corrected chi connectivity index (χ3v) is 4.11. The number of hydrogen-bond donors (Lipinski definition) is 1. The number of fused-ring (bicyclic) bond motifs is 2. The molecule has 3 rings (SSSR count). The minimum absolute atomic E-state index is 0.156. The number of anilines is 1. The Bertz CT molecular complexity index is 564. The fourth-order valence-corrected chi connectivity index (χ4v) is 3.15. The summed E-state index contributed by atoms with van der Waals surface area (Å²) in [4.78, 5) is 12.2. The molecule has 2 aliphatic rings. The van der Waals surface area contributed by atoms with Crippen LogP contribution in [0.15, 0.2) is 36.4 Å². The molecule has 1 saturated carbocycles. The van der Waals surface area contributed by atoms with Gasteiger partial charge in [-0.15, -0.1) is 0 Å². The summed E-state index contributed by atoms with van der Waals surface area (Å²) in [6.07, 6.45) is 1.32. The molecule has 20 heavy (non-hydrogen) atoms. The zero-order chi connectivity index (χ0) is 14.3. The molecule has 1 amide bonds. The van der Waals surface area contributed by atoms with Crippen LogP contribution in [0, 0.1) is 17.8 Å². The van der Waals surface area contributed by atoms with Gasteiger partial charge in [0.25, 0.3) is 0 Å². The van der Waals surface area contributed by atoms with Gasteiger partial charge in [0.1, 0.15) is 0 Å². The van der Waals surface area contributed by atoms with Crippen LogP contribution in [0.25, 0.3) is 0 Å². The van der Waals surface area contributed by atoms with Gasteiger partial charge in [-0.1, -0.05) is 24.3 Å². The quantitative estimate of drug-likeness (QED) is 0.819. The van der Waals surface area contributed by atoms with Gasteiger partial charge >= 0.3 is 6.18 Å². The summed E-state index contributed by atoms with van der Waals surface area (Å²) in [5, 5.41) is 2.45. The summed E-state index contributed by atoms with van der Waals surface area (Å²) < 4.78 is 38.6. The number of hydrogen-bond acceptors (Lipinski definition) is 1. The summed E-state index contributed by atoms with van der Waals surface area (Å²) in [5.74, 6) is 0.0801. The highest BCUT2D eigenvalue weighted by atomic mass is 19.4. The fourth-order valence-electron chi connectivity index (χ4n) is 3.15. The van der Waals surface area contributed by atoms with Gasteiger partial charge in [-0.3, -0.25) is 4.79 Å². The van der Waals surface area contributed by atoms with E-state index in [4.69, 9.17) is 0 Å². The second kappa shape index (κ2) is 4.65. The number of amides is 1. The molecule has 1 aromatic carbocycles. The number of carbonyl (C=O) groups is 1. The van der Waals surface area contributed by atoms with Crippen LogP contribution in [0.3, 0.4) is 0 Å². The molecule has 0 radical (unpaired) electrons. The van der Waals surface area contributed by atoms with Gasteiger partial charge < -0.3 is 5.32 Å². The molecular weight excluding hydrogens is 267 g/mol. The molecule has 3 unspecified atom stereocenters. The number of alkyl halides is 3. The molecule has 3 atom stereocenters. The SMILES string of the molecule is O=C(Nc1ccccc1C(F)(F)F)C1CC2C=CC1C2. The maximum Gasteiger partial charge on any atom is 0.418 e. The average Bonchev–Trinajstić information content (AvgIpc) is 3.00. The van der Waals surface area contributed by atoms with E-state index in [9.17, 15) is 18.0 Å². The van der Waals surface area contributed by atoms with Crippen LogP contribution < -0.4 is 5.32 Å². The molecule has 0 spiro atoms. The minimum atomic E-state index is -4.46. The number of rotatable bonds is 2. The van der Waals surface area contributed by atoms with Gasteiger partial charge in [-0.05, 0) is 36.8 Å².